The van der Waals surface area contributed by atoms with Gasteiger partial charge in [-0.1, -0.05) is 12.1 Å². The lowest BCUT2D eigenvalue weighted by molar-refractivity contribution is 0.414. The van der Waals surface area contributed by atoms with Crippen LogP contribution in [-0.2, 0) is 0 Å². The fourth-order valence-corrected chi connectivity index (χ4v) is 6.59. The number of hydrogen-bond donors (Lipinski definition) is 0. The zero-order valence-corrected chi connectivity index (χ0v) is 29.0. The topological polar surface area (TPSA) is 27.7 Å². The number of hydrogen-bond acceptors (Lipinski definition) is 3. The van der Waals surface area contributed by atoms with Gasteiger partial charge in [-0.2, -0.15) is 0 Å². The Kier molecular flexibility index (Phi) is 9.99. The molecule has 7 aromatic carbocycles. The van der Waals surface area contributed by atoms with Crippen molar-refractivity contribution >= 4 is 0 Å². The van der Waals surface area contributed by atoms with Crippen LogP contribution in [0, 0.1) is 17.8 Å². The second-order valence-corrected chi connectivity index (χ2v) is 12.2. The number of rotatable bonds is 12. The zero-order chi connectivity index (χ0) is 35.0. The van der Waals surface area contributed by atoms with E-state index in [0.29, 0.717) is 0 Å². The normalized spacial score (nSPS) is 10.6. The molecular weight excluding hydrogens is 625 g/mol. The molecule has 3 heteroatoms. The first-order valence-electron chi connectivity index (χ1n) is 17.0. The Balaban J connectivity index is 1.27. The van der Waals surface area contributed by atoms with Gasteiger partial charge in [-0.15, -0.1) is 0 Å². The SMILES string of the molecule is COc1ccc([C+](c2ccccc2)c2ccc([C+](c3ccc(OC)cc3)c3ccc([C+](c4ccccc4)c4ccc(OC)cc4)cc3)cc2)cc1. The number of methoxy groups -OCH3 is 3. The van der Waals surface area contributed by atoms with Crippen LogP contribution < -0.4 is 14.2 Å². The van der Waals surface area contributed by atoms with Gasteiger partial charge in [0, 0.05) is 84.9 Å². The van der Waals surface area contributed by atoms with E-state index in [4.69, 9.17) is 14.2 Å². The van der Waals surface area contributed by atoms with Crippen molar-refractivity contribution < 1.29 is 14.2 Å². The smallest absolute Gasteiger partial charge is 0.129 e. The van der Waals surface area contributed by atoms with E-state index in [1.165, 1.54) is 11.8 Å². The highest BCUT2D eigenvalue weighted by molar-refractivity contribution is 5.64. The van der Waals surface area contributed by atoms with Crippen LogP contribution in [0.2, 0.25) is 0 Å². The first kappa shape index (κ1) is 33.1. The highest BCUT2D eigenvalue weighted by Gasteiger charge is 2.29. The molecule has 246 valence electrons. The third kappa shape index (κ3) is 7.29. The molecule has 0 heterocycles. The molecule has 0 radical (unpaired) electrons. The van der Waals surface area contributed by atoms with Gasteiger partial charge in [-0.25, -0.2) is 0 Å². The molecule has 0 spiro atoms. The molecule has 0 saturated carbocycles. The van der Waals surface area contributed by atoms with Crippen LogP contribution in [0.25, 0.3) is 0 Å². The minimum absolute atomic E-state index is 0.826. The largest absolute Gasteiger partial charge is 0.496 e. The summed E-state index contributed by atoms with van der Waals surface area (Å²) in [6.45, 7) is 0. The Morgan fingerprint density at radius 3 is 0.608 bits per heavy atom. The van der Waals surface area contributed by atoms with E-state index in [1.54, 1.807) is 21.3 Å². The highest BCUT2D eigenvalue weighted by Crippen LogP contribution is 2.38. The van der Waals surface area contributed by atoms with Gasteiger partial charge in [-0.3, -0.25) is 0 Å². The first-order chi connectivity index (χ1) is 25.1. The van der Waals surface area contributed by atoms with E-state index >= 15 is 0 Å². The van der Waals surface area contributed by atoms with Crippen LogP contribution in [0.5, 0.6) is 17.2 Å². The van der Waals surface area contributed by atoms with Crippen molar-refractivity contribution in [2.45, 2.75) is 0 Å². The Bertz CT molecular complexity index is 1970. The molecule has 0 aliphatic carbocycles. The van der Waals surface area contributed by atoms with Gasteiger partial charge in [0.2, 0.25) is 0 Å². The molecule has 0 aromatic heterocycles. The molecule has 0 atom stereocenters. The van der Waals surface area contributed by atoms with Gasteiger partial charge in [0.15, 0.2) is 0 Å². The highest BCUT2D eigenvalue weighted by atomic mass is 16.5. The summed E-state index contributed by atoms with van der Waals surface area (Å²) in [5, 5.41) is 0. The summed E-state index contributed by atoms with van der Waals surface area (Å²) in [5.74, 6) is 5.98. The first-order valence-corrected chi connectivity index (χ1v) is 17.0. The van der Waals surface area contributed by atoms with E-state index in [0.717, 1.165) is 73.2 Å². The number of benzene rings is 7. The van der Waals surface area contributed by atoms with Crippen molar-refractivity contribution in [1.29, 1.82) is 0 Å². The zero-order valence-electron chi connectivity index (χ0n) is 29.0. The maximum absolute atomic E-state index is 5.51. The third-order valence-corrected chi connectivity index (χ3v) is 9.19. The van der Waals surface area contributed by atoms with Crippen molar-refractivity contribution in [3.63, 3.8) is 0 Å². The molecule has 0 bridgehead atoms. The van der Waals surface area contributed by atoms with Crippen LogP contribution in [0.4, 0.5) is 0 Å². The lowest BCUT2D eigenvalue weighted by atomic mass is 9.80. The van der Waals surface area contributed by atoms with E-state index in [2.05, 4.69) is 146 Å². The maximum Gasteiger partial charge on any atom is 0.129 e. The summed E-state index contributed by atoms with van der Waals surface area (Å²) in [5.41, 5.74) is 10.2. The lowest BCUT2D eigenvalue weighted by Crippen LogP contribution is -2.08. The molecule has 0 unspecified atom stereocenters. The van der Waals surface area contributed by atoms with Crippen LogP contribution in [0.3, 0.4) is 0 Å². The van der Waals surface area contributed by atoms with Gasteiger partial charge in [0.1, 0.15) is 17.2 Å². The van der Waals surface area contributed by atoms with Crippen LogP contribution in [0.1, 0.15) is 50.1 Å². The van der Waals surface area contributed by atoms with Crippen molar-refractivity contribution in [2.75, 3.05) is 21.3 Å². The molecule has 0 fully saturated rings. The van der Waals surface area contributed by atoms with Crippen molar-refractivity contribution in [2.24, 2.45) is 0 Å². The Morgan fingerprint density at radius 1 is 0.235 bits per heavy atom. The molecule has 0 aliphatic heterocycles. The Morgan fingerprint density at radius 2 is 0.412 bits per heavy atom. The minimum Gasteiger partial charge on any atom is -0.496 e. The summed E-state index contributed by atoms with van der Waals surface area (Å²) in [7, 11) is 5.09. The van der Waals surface area contributed by atoms with Gasteiger partial charge in [-0.05, 0) is 84.9 Å². The van der Waals surface area contributed by atoms with E-state index in [-0.39, 0.29) is 0 Å². The van der Waals surface area contributed by atoms with Gasteiger partial charge >= 0.3 is 0 Å². The molecule has 7 rings (SSSR count). The van der Waals surface area contributed by atoms with Gasteiger partial charge in [0.25, 0.3) is 0 Å². The molecule has 0 N–H and O–H groups in total. The summed E-state index contributed by atoms with van der Waals surface area (Å²) < 4.78 is 16.4. The number of ether oxygens (including phenoxy) is 3. The molecule has 51 heavy (non-hydrogen) atoms. The van der Waals surface area contributed by atoms with Crippen molar-refractivity contribution in [1.82, 2.24) is 0 Å². The predicted molar refractivity (Wildman–Crippen MR) is 206 cm³/mol. The maximum atomic E-state index is 5.51. The van der Waals surface area contributed by atoms with Crippen LogP contribution in [0.15, 0.2) is 182 Å². The monoisotopic (exact) mass is 663 g/mol. The van der Waals surface area contributed by atoms with E-state index < -0.39 is 0 Å². The second kappa shape index (κ2) is 15.4. The van der Waals surface area contributed by atoms with Crippen LogP contribution in [-0.4, -0.2) is 21.3 Å². The second-order valence-electron chi connectivity index (χ2n) is 12.2. The van der Waals surface area contributed by atoms with Gasteiger partial charge in [0.05, 0.1) is 89.2 Å². The summed E-state index contributed by atoms with van der Waals surface area (Å²) in [4.78, 5) is 0. The molecule has 3 nitrogen and oxygen atoms in total. The molecule has 7 aromatic rings. The molecule has 0 aliphatic rings. The third-order valence-electron chi connectivity index (χ3n) is 9.19. The quantitative estimate of drug-likeness (QED) is 0.0962. The average molecular weight is 664 g/mol. The summed E-state index contributed by atoms with van der Waals surface area (Å²) >= 11 is 0. The molecule has 0 saturated heterocycles. The predicted octanol–water partition coefficient (Wildman–Crippen LogP) is 10.8. The van der Waals surface area contributed by atoms with Crippen molar-refractivity contribution in [3.05, 3.63) is 250 Å². The molecule has 0 amide bonds. The summed E-state index contributed by atoms with van der Waals surface area (Å²) in [6.07, 6.45) is 0. The standard InChI is InChI=1S/C48H39O3/c1-49-43-28-22-40(23-29-43)46(34-10-6-4-7-11-34)36-14-18-38(19-15-36)48(42-26-32-45(51-3)33-27-42)39-20-16-37(17-21-39)47(35-12-8-5-9-13-35)41-24-30-44(50-2)31-25-41/h4-33H,1-3H3/q+3. The molecular formula is C48H39O3+3. The summed E-state index contributed by atoms with van der Waals surface area (Å²) in [6, 6.07) is 63.8. The lowest BCUT2D eigenvalue weighted by Gasteiger charge is -2.17. The average Bonchev–Trinajstić information content (AvgIpc) is 3.21. The Hall–Kier alpha value is -6.45. The van der Waals surface area contributed by atoms with Crippen molar-refractivity contribution in [3.8, 4) is 17.2 Å². The van der Waals surface area contributed by atoms with E-state index in [1.807, 2.05) is 36.4 Å². The van der Waals surface area contributed by atoms with E-state index in [9.17, 15) is 0 Å². The van der Waals surface area contributed by atoms with Gasteiger partial charge < -0.3 is 14.2 Å². The van der Waals surface area contributed by atoms with Crippen LogP contribution >= 0.6 is 0 Å². The minimum atomic E-state index is 0.826. The fourth-order valence-electron chi connectivity index (χ4n) is 6.59. The fraction of sp³-hybridized carbons (Fsp3) is 0.0625. The Labute approximate surface area is 301 Å².